The van der Waals surface area contributed by atoms with E-state index < -0.39 is 5.60 Å². The molecule has 2 nitrogen and oxygen atoms in total. The van der Waals surface area contributed by atoms with Crippen LogP contribution in [0.25, 0.3) is 0 Å². The third kappa shape index (κ3) is 2.08. The molecule has 0 saturated carbocycles. The zero-order valence-electron chi connectivity index (χ0n) is 8.89. The van der Waals surface area contributed by atoms with Crippen LogP contribution in [0, 0.1) is 0 Å². The molecule has 3 heteroatoms. The Labute approximate surface area is 99.5 Å². The average molecular weight is 234 g/mol. The van der Waals surface area contributed by atoms with E-state index in [1.54, 1.807) is 43.6 Å². The molecular weight excluding hydrogens is 222 g/mol. The number of hydrogen-bond donors (Lipinski definition) is 1. The Balaban J connectivity index is 2.43. The second-order valence-corrected chi connectivity index (χ2v) is 4.25. The average Bonchev–Trinajstić information content (AvgIpc) is 2.31. The first-order valence-electron chi connectivity index (χ1n) is 4.99. The van der Waals surface area contributed by atoms with Gasteiger partial charge in [-0.25, -0.2) is 0 Å². The van der Waals surface area contributed by atoms with E-state index in [0.717, 1.165) is 11.1 Å². The molecule has 1 N–H and O–H groups in total. The van der Waals surface area contributed by atoms with Gasteiger partial charge in [0.05, 0.1) is 0 Å². The zero-order valence-corrected chi connectivity index (χ0v) is 9.65. The topological polar surface area (TPSA) is 33.1 Å². The molecule has 16 heavy (non-hydrogen) atoms. The van der Waals surface area contributed by atoms with Crippen molar-refractivity contribution in [2.75, 3.05) is 0 Å². The number of aliphatic hydroxyl groups is 1. The Morgan fingerprint density at radius 1 is 1.00 bits per heavy atom. The first-order valence-corrected chi connectivity index (χ1v) is 5.37. The van der Waals surface area contributed by atoms with Gasteiger partial charge in [0.1, 0.15) is 5.60 Å². The maximum Gasteiger partial charge on any atom is 0.112 e. The third-order valence-electron chi connectivity index (χ3n) is 2.65. The molecule has 0 bridgehead atoms. The molecule has 0 fully saturated rings. The molecule has 0 aliphatic carbocycles. The summed E-state index contributed by atoms with van der Waals surface area (Å²) in [5.41, 5.74) is 0.598. The number of pyridine rings is 1. The van der Waals surface area contributed by atoms with E-state index in [1.807, 2.05) is 12.1 Å². The van der Waals surface area contributed by atoms with Gasteiger partial charge in [-0.05, 0) is 42.3 Å². The van der Waals surface area contributed by atoms with Crippen molar-refractivity contribution in [2.24, 2.45) is 0 Å². The van der Waals surface area contributed by atoms with Gasteiger partial charge in [-0.2, -0.15) is 0 Å². The predicted octanol–water partition coefficient (Wildman–Crippen LogP) is 2.99. The van der Waals surface area contributed by atoms with E-state index in [-0.39, 0.29) is 0 Å². The van der Waals surface area contributed by atoms with Crippen LogP contribution in [0.2, 0.25) is 5.02 Å². The zero-order chi connectivity index (χ0) is 11.6. The summed E-state index contributed by atoms with van der Waals surface area (Å²) in [6, 6.07) is 10.8. The highest BCUT2D eigenvalue weighted by atomic mass is 35.5. The molecule has 1 aromatic carbocycles. The van der Waals surface area contributed by atoms with Crippen LogP contribution in [-0.2, 0) is 5.60 Å². The molecule has 2 aromatic rings. The van der Waals surface area contributed by atoms with Crippen molar-refractivity contribution >= 4 is 11.6 Å². The van der Waals surface area contributed by atoms with Crippen LogP contribution < -0.4 is 0 Å². The highest BCUT2D eigenvalue weighted by Gasteiger charge is 2.24. The van der Waals surface area contributed by atoms with E-state index in [2.05, 4.69) is 4.98 Å². The minimum absolute atomic E-state index is 0.661. The van der Waals surface area contributed by atoms with Crippen LogP contribution in [0.5, 0.6) is 0 Å². The van der Waals surface area contributed by atoms with Crippen molar-refractivity contribution in [1.82, 2.24) is 4.98 Å². The highest BCUT2D eigenvalue weighted by Crippen LogP contribution is 2.29. The van der Waals surface area contributed by atoms with Crippen LogP contribution in [0.4, 0.5) is 0 Å². The van der Waals surface area contributed by atoms with Crippen LogP contribution in [0.3, 0.4) is 0 Å². The number of hydrogen-bond acceptors (Lipinski definition) is 2. The fraction of sp³-hybridized carbons (Fsp3) is 0.154. The number of nitrogens with zero attached hydrogens (tertiary/aromatic N) is 1. The summed E-state index contributed by atoms with van der Waals surface area (Å²) >= 11 is 5.82. The molecule has 0 saturated heterocycles. The van der Waals surface area contributed by atoms with Gasteiger partial charge < -0.3 is 5.11 Å². The third-order valence-corrected chi connectivity index (χ3v) is 2.90. The molecule has 0 amide bonds. The summed E-state index contributed by atoms with van der Waals surface area (Å²) in [5.74, 6) is 0. The fourth-order valence-corrected chi connectivity index (χ4v) is 1.74. The minimum atomic E-state index is -1.02. The Hall–Kier alpha value is -1.38. The van der Waals surface area contributed by atoms with E-state index in [4.69, 9.17) is 11.6 Å². The summed E-state index contributed by atoms with van der Waals surface area (Å²) < 4.78 is 0. The van der Waals surface area contributed by atoms with Gasteiger partial charge in [-0.15, -0.1) is 0 Å². The number of halogens is 1. The van der Waals surface area contributed by atoms with Gasteiger partial charge in [-0.1, -0.05) is 23.7 Å². The van der Waals surface area contributed by atoms with Crippen molar-refractivity contribution < 1.29 is 5.11 Å². The normalized spacial score (nSPS) is 14.4. The van der Waals surface area contributed by atoms with Crippen molar-refractivity contribution in [3.63, 3.8) is 0 Å². The highest BCUT2D eigenvalue weighted by molar-refractivity contribution is 6.30. The van der Waals surface area contributed by atoms with Crippen molar-refractivity contribution in [1.29, 1.82) is 0 Å². The predicted molar refractivity (Wildman–Crippen MR) is 64.4 cm³/mol. The summed E-state index contributed by atoms with van der Waals surface area (Å²) in [7, 11) is 0. The SMILES string of the molecule is C[C@](O)(c1ccncc1)c1ccc(Cl)cc1. The molecule has 0 aliphatic heterocycles. The van der Waals surface area contributed by atoms with E-state index in [9.17, 15) is 5.11 Å². The Morgan fingerprint density at radius 2 is 1.50 bits per heavy atom. The lowest BCUT2D eigenvalue weighted by molar-refractivity contribution is 0.102. The maximum atomic E-state index is 10.5. The van der Waals surface area contributed by atoms with Gasteiger partial charge in [0.2, 0.25) is 0 Å². The largest absolute Gasteiger partial charge is 0.381 e. The second-order valence-electron chi connectivity index (χ2n) is 3.81. The quantitative estimate of drug-likeness (QED) is 0.865. The molecule has 0 aliphatic rings. The summed E-state index contributed by atoms with van der Waals surface area (Å²) in [6.07, 6.45) is 3.33. The Kier molecular flexibility index (Phi) is 2.95. The van der Waals surface area contributed by atoms with Gasteiger partial charge in [0.25, 0.3) is 0 Å². The van der Waals surface area contributed by atoms with E-state index in [1.165, 1.54) is 0 Å². The van der Waals surface area contributed by atoms with Crippen LogP contribution >= 0.6 is 11.6 Å². The lowest BCUT2D eigenvalue weighted by Gasteiger charge is -2.24. The van der Waals surface area contributed by atoms with E-state index in [0.29, 0.717) is 5.02 Å². The molecular formula is C13H12ClNO. The van der Waals surface area contributed by atoms with E-state index >= 15 is 0 Å². The first-order chi connectivity index (χ1) is 7.60. The van der Waals surface area contributed by atoms with Gasteiger partial charge >= 0.3 is 0 Å². The van der Waals surface area contributed by atoms with Crippen LogP contribution in [-0.4, -0.2) is 10.1 Å². The number of rotatable bonds is 2. The lowest BCUT2D eigenvalue weighted by atomic mass is 9.89. The van der Waals surface area contributed by atoms with Gasteiger partial charge in [0, 0.05) is 17.4 Å². The second kappa shape index (κ2) is 4.24. The molecule has 82 valence electrons. The Bertz CT molecular complexity index is 465. The van der Waals surface area contributed by atoms with Crippen molar-refractivity contribution in [3.8, 4) is 0 Å². The van der Waals surface area contributed by atoms with Crippen LogP contribution in [0.15, 0.2) is 48.8 Å². The molecule has 0 radical (unpaired) electrons. The minimum Gasteiger partial charge on any atom is -0.381 e. The van der Waals surface area contributed by atoms with Crippen LogP contribution in [0.1, 0.15) is 18.1 Å². The standard InChI is InChI=1S/C13H12ClNO/c1-13(16,11-6-8-15-9-7-11)10-2-4-12(14)5-3-10/h2-9,16H,1H3/t13-/m1/s1. The van der Waals surface area contributed by atoms with Crippen molar-refractivity contribution in [2.45, 2.75) is 12.5 Å². The molecule has 0 spiro atoms. The molecule has 2 rings (SSSR count). The smallest absolute Gasteiger partial charge is 0.112 e. The Morgan fingerprint density at radius 3 is 2.06 bits per heavy atom. The summed E-state index contributed by atoms with van der Waals surface area (Å²) in [6.45, 7) is 1.76. The first kappa shape index (κ1) is 11.1. The maximum absolute atomic E-state index is 10.5. The van der Waals surface area contributed by atoms with Crippen molar-refractivity contribution in [3.05, 3.63) is 64.9 Å². The monoisotopic (exact) mass is 233 g/mol. The van der Waals surface area contributed by atoms with Gasteiger partial charge in [0.15, 0.2) is 0 Å². The number of benzene rings is 1. The number of aromatic nitrogens is 1. The molecule has 1 heterocycles. The molecule has 1 atom stereocenters. The molecule has 0 unspecified atom stereocenters. The fourth-order valence-electron chi connectivity index (χ4n) is 1.62. The molecule has 1 aromatic heterocycles. The van der Waals surface area contributed by atoms with Gasteiger partial charge in [-0.3, -0.25) is 4.98 Å². The summed E-state index contributed by atoms with van der Waals surface area (Å²) in [5, 5.41) is 11.1. The lowest BCUT2D eigenvalue weighted by Crippen LogP contribution is -2.22. The summed E-state index contributed by atoms with van der Waals surface area (Å²) in [4.78, 5) is 3.93.